The molecule has 2 atom stereocenters. The number of nitrogens with zero attached hydrogens (tertiary/aromatic N) is 1. The van der Waals surface area contributed by atoms with Crippen LogP contribution in [0.2, 0.25) is 0 Å². The van der Waals surface area contributed by atoms with Gasteiger partial charge in [0.05, 0.1) is 32.3 Å². The summed E-state index contributed by atoms with van der Waals surface area (Å²) in [5.74, 6) is 0.181. The second kappa shape index (κ2) is 6.34. The predicted molar refractivity (Wildman–Crippen MR) is 98.8 cm³/mol. The number of hydrogen-bond acceptors (Lipinski definition) is 4. The molecule has 0 saturated heterocycles. The molecule has 0 unspecified atom stereocenters. The van der Waals surface area contributed by atoms with E-state index in [4.69, 9.17) is 4.99 Å². The molecule has 3 nitrogen and oxygen atoms in total. The van der Waals surface area contributed by atoms with Crippen LogP contribution in [0.3, 0.4) is 0 Å². The molecule has 4 rings (SSSR count). The van der Waals surface area contributed by atoms with E-state index in [1.165, 1.54) is 0 Å². The zero-order chi connectivity index (χ0) is 16.5. The second-order valence-corrected chi connectivity index (χ2v) is 8.10. The molecule has 1 aromatic heterocycles. The minimum absolute atomic E-state index is 0.181. The monoisotopic (exact) mass is 353 g/mol. The lowest BCUT2D eigenvalue weighted by molar-refractivity contribution is 0.467. The number of phenols is 1. The van der Waals surface area contributed by atoms with E-state index in [0.29, 0.717) is 12.0 Å². The zero-order valence-electron chi connectivity index (χ0n) is 12.8. The number of hydrogen-bond donors (Lipinski definition) is 1. The van der Waals surface area contributed by atoms with Gasteiger partial charge in [0.15, 0.2) is 0 Å². The maximum absolute atomic E-state index is 13.2. The van der Waals surface area contributed by atoms with Crippen molar-refractivity contribution in [1.82, 2.24) is 0 Å². The van der Waals surface area contributed by atoms with Crippen molar-refractivity contribution in [1.29, 1.82) is 0 Å². The van der Waals surface area contributed by atoms with Crippen LogP contribution in [-0.2, 0) is 10.8 Å². The van der Waals surface area contributed by atoms with Crippen LogP contribution in [0.4, 0.5) is 5.69 Å². The fourth-order valence-electron chi connectivity index (χ4n) is 2.90. The van der Waals surface area contributed by atoms with Gasteiger partial charge in [-0.2, -0.15) is 0 Å². The van der Waals surface area contributed by atoms with E-state index in [1.54, 1.807) is 23.5 Å². The van der Waals surface area contributed by atoms with Gasteiger partial charge in [-0.05, 0) is 29.6 Å². The highest BCUT2D eigenvalue weighted by molar-refractivity contribution is 7.85. The normalized spacial score (nSPS) is 20.1. The summed E-state index contributed by atoms with van der Waals surface area (Å²) in [4.78, 5) is 6.58. The van der Waals surface area contributed by atoms with Gasteiger partial charge in [-0.3, -0.25) is 9.20 Å². The Balaban J connectivity index is 1.89. The van der Waals surface area contributed by atoms with Crippen molar-refractivity contribution in [3.8, 4) is 5.75 Å². The van der Waals surface area contributed by atoms with Crippen molar-refractivity contribution in [2.75, 3.05) is 0 Å². The van der Waals surface area contributed by atoms with Gasteiger partial charge in [0.25, 0.3) is 0 Å². The van der Waals surface area contributed by atoms with Crippen molar-refractivity contribution < 1.29 is 9.32 Å². The fourth-order valence-corrected chi connectivity index (χ4v) is 5.20. The van der Waals surface area contributed by atoms with Gasteiger partial charge in [0.2, 0.25) is 0 Å². The number of fused-ring (bicyclic) bond motifs is 1. The molecule has 0 aliphatic carbocycles. The Hall–Kier alpha value is -2.24. The molecule has 0 fully saturated rings. The van der Waals surface area contributed by atoms with Gasteiger partial charge >= 0.3 is 0 Å². The van der Waals surface area contributed by atoms with Crippen molar-refractivity contribution in [3.05, 3.63) is 76.5 Å². The first-order valence-electron chi connectivity index (χ1n) is 7.63. The van der Waals surface area contributed by atoms with E-state index in [0.717, 1.165) is 21.2 Å². The lowest BCUT2D eigenvalue weighted by atomic mass is 10.0. The van der Waals surface area contributed by atoms with Gasteiger partial charge in [0.1, 0.15) is 5.75 Å². The predicted octanol–water partition coefficient (Wildman–Crippen LogP) is 4.83. The molecule has 1 aliphatic heterocycles. The van der Waals surface area contributed by atoms with Gasteiger partial charge in [-0.15, -0.1) is 11.3 Å². The third-order valence-electron chi connectivity index (χ3n) is 4.06. The van der Waals surface area contributed by atoms with Crippen LogP contribution in [0.15, 0.2) is 75.9 Å². The second-order valence-electron chi connectivity index (χ2n) is 5.55. The maximum atomic E-state index is 13.2. The fraction of sp³-hybridized carbons (Fsp3) is 0.105. The van der Waals surface area contributed by atoms with E-state index in [9.17, 15) is 9.32 Å². The van der Waals surface area contributed by atoms with E-state index in [2.05, 4.69) is 0 Å². The van der Waals surface area contributed by atoms with E-state index >= 15 is 0 Å². The van der Waals surface area contributed by atoms with Crippen LogP contribution >= 0.6 is 11.3 Å². The Kier molecular flexibility index (Phi) is 4.04. The molecule has 0 bridgehead atoms. The maximum Gasteiger partial charge on any atom is 0.120 e. The van der Waals surface area contributed by atoms with Crippen LogP contribution < -0.4 is 0 Å². The van der Waals surface area contributed by atoms with Crippen LogP contribution in [-0.4, -0.2) is 15.0 Å². The SMILES string of the molecule is O=[S@]1c2ccccc2N=C(c2cccs2)C[C@@H]1c1ccccc1O. The van der Waals surface area contributed by atoms with Crippen LogP contribution in [0.1, 0.15) is 22.1 Å². The largest absolute Gasteiger partial charge is 0.508 e. The number of aliphatic imine (C=N–C) groups is 1. The molecular formula is C19H15NO2S2. The topological polar surface area (TPSA) is 49.7 Å². The highest BCUT2D eigenvalue weighted by Gasteiger charge is 2.29. The molecule has 0 saturated carbocycles. The lowest BCUT2D eigenvalue weighted by Crippen LogP contribution is -2.11. The molecule has 2 heterocycles. The average Bonchev–Trinajstić information content (AvgIpc) is 3.09. The third kappa shape index (κ3) is 2.70. The van der Waals surface area contributed by atoms with Crippen LogP contribution in [0, 0.1) is 0 Å². The zero-order valence-corrected chi connectivity index (χ0v) is 14.4. The molecule has 1 aliphatic rings. The summed E-state index contributed by atoms with van der Waals surface area (Å²) in [5, 5.41) is 12.0. The van der Waals surface area contributed by atoms with Crippen LogP contribution in [0.5, 0.6) is 5.75 Å². The minimum Gasteiger partial charge on any atom is -0.508 e. The summed E-state index contributed by atoms with van der Waals surface area (Å²) in [5.41, 5.74) is 2.37. The Morgan fingerprint density at radius 2 is 1.83 bits per heavy atom. The molecule has 2 aromatic carbocycles. The summed E-state index contributed by atoms with van der Waals surface area (Å²) < 4.78 is 13.2. The van der Waals surface area contributed by atoms with Crippen LogP contribution in [0.25, 0.3) is 0 Å². The first-order chi connectivity index (χ1) is 11.7. The summed E-state index contributed by atoms with van der Waals surface area (Å²) >= 11 is 1.62. The summed E-state index contributed by atoms with van der Waals surface area (Å²) in [6.45, 7) is 0. The minimum atomic E-state index is -1.28. The lowest BCUT2D eigenvalue weighted by Gasteiger charge is -2.17. The van der Waals surface area contributed by atoms with Gasteiger partial charge in [0, 0.05) is 16.9 Å². The van der Waals surface area contributed by atoms with E-state index in [-0.39, 0.29) is 11.0 Å². The number of thiophene rings is 1. The van der Waals surface area contributed by atoms with Crippen molar-refractivity contribution >= 4 is 33.5 Å². The molecule has 0 spiro atoms. The standard InChI is InChI=1S/C19H15NO2S2/c21-16-8-3-1-6-13(16)19-12-15(17-9-5-11-23-17)20-14-7-2-4-10-18(14)24(19)22/h1-11,19,21H,12H2/t19-,24+/m1/s1. The molecule has 3 aromatic rings. The van der Waals surface area contributed by atoms with Crippen molar-refractivity contribution in [2.45, 2.75) is 16.6 Å². The molecule has 120 valence electrons. The quantitative estimate of drug-likeness (QED) is 0.717. The molecule has 24 heavy (non-hydrogen) atoms. The smallest absolute Gasteiger partial charge is 0.120 e. The Morgan fingerprint density at radius 3 is 2.62 bits per heavy atom. The van der Waals surface area contributed by atoms with Gasteiger partial charge in [-0.25, -0.2) is 0 Å². The molecular weight excluding hydrogens is 338 g/mol. The first kappa shape index (κ1) is 15.3. The number of rotatable bonds is 2. The Labute approximate surface area is 146 Å². The van der Waals surface area contributed by atoms with Gasteiger partial charge < -0.3 is 5.11 Å². The number of phenolic OH excluding ortho intramolecular Hbond substituents is 1. The Bertz CT molecular complexity index is 932. The van der Waals surface area contributed by atoms with E-state index < -0.39 is 10.8 Å². The number of aromatic hydroxyl groups is 1. The Morgan fingerprint density at radius 1 is 1.04 bits per heavy atom. The summed E-state index contributed by atoms with van der Waals surface area (Å²) in [6, 6.07) is 18.7. The highest BCUT2D eigenvalue weighted by Crippen LogP contribution is 2.40. The van der Waals surface area contributed by atoms with Gasteiger partial charge in [-0.1, -0.05) is 36.4 Å². The molecule has 5 heteroatoms. The molecule has 0 radical (unpaired) electrons. The van der Waals surface area contributed by atoms with Crippen molar-refractivity contribution in [2.24, 2.45) is 4.99 Å². The summed E-state index contributed by atoms with van der Waals surface area (Å²) in [6.07, 6.45) is 0.527. The average molecular weight is 353 g/mol. The molecule has 1 N–H and O–H groups in total. The third-order valence-corrected chi connectivity index (χ3v) is 6.70. The molecule has 0 amide bonds. The summed E-state index contributed by atoms with van der Waals surface area (Å²) in [7, 11) is -1.28. The highest BCUT2D eigenvalue weighted by atomic mass is 32.2. The van der Waals surface area contributed by atoms with E-state index in [1.807, 2.05) is 53.9 Å². The first-order valence-corrected chi connectivity index (χ1v) is 9.72. The number of para-hydroxylation sites is 2. The van der Waals surface area contributed by atoms with Crippen molar-refractivity contribution in [3.63, 3.8) is 0 Å². The number of benzene rings is 2.